The van der Waals surface area contributed by atoms with E-state index >= 15 is 0 Å². The molecule has 2 rings (SSSR count). The third kappa shape index (κ3) is 3.85. The Balaban J connectivity index is 2.12. The Hall–Kier alpha value is -2.28. The van der Waals surface area contributed by atoms with Crippen LogP contribution in [-0.4, -0.2) is 22.0 Å². The summed E-state index contributed by atoms with van der Waals surface area (Å²) >= 11 is 1.07. The topological polar surface area (TPSA) is 79.3 Å². The molecule has 0 atom stereocenters. The Morgan fingerprint density at radius 1 is 1.43 bits per heavy atom. The molecular weight excluding hydrogens is 295 g/mol. The fourth-order valence-corrected chi connectivity index (χ4v) is 2.62. The number of carbonyl (C=O) groups is 2. The van der Waals surface area contributed by atoms with Gasteiger partial charge in [-0.15, -0.1) is 11.3 Å². The lowest BCUT2D eigenvalue weighted by Gasteiger charge is -2.04. The molecule has 0 aliphatic rings. The molecule has 1 amide bonds. The summed E-state index contributed by atoms with van der Waals surface area (Å²) in [6, 6.07) is 5.49. The van der Waals surface area contributed by atoms with Crippen LogP contribution >= 0.6 is 11.3 Å². The number of benzene rings is 1. The predicted octanol–water partition coefficient (Wildman–Crippen LogP) is 2.72. The normalized spacial score (nSPS) is 10.4. The number of hydrogen-bond donors (Lipinski definition) is 2. The van der Waals surface area contributed by atoms with Crippen LogP contribution in [0.4, 0.5) is 10.1 Å². The van der Waals surface area contributed by atoms with Gasteiger partial charge in [0.2, 0.25) is 5.91 Å². The zero-order valence-corrected chi connectivity index (χ0v) is 12.0. The summed E-state index contributed by atoms with van der Waals surface area (Å²) in [6.07, 6.45) is 0.450. The molecule has 2 N–H and O–H groups in total. The molecule has 110 valence electrons. The molecule has 0 radical (unpaired) electrons. The van der Waals surface area contributed by atoms with Crippen molar-refractivity contribution in [2.45, 2.75) is 19.8 Å². The van der Waals surface area contributed by atoms with E-state index in [9.17, 15) is 14.0 Å². The molecule has 0 spiro atoms. The average molecular weight is 308 g/mol. The highest BCUT2D eigenvalue weighted by Crippen LogP contribution is 2.20. The van der Waals surface area contributed by atoms with Gasteiger partial charge in [0, 0.05) is 5.69 Å². The van der Waals surface area contributed by atoms with Crippen LogP contribution in [0.25, 0.3) is 0 Å². The van der Waals surface area contributed by atoms with E-state index in [0.29, 0.717) is 17.1 Å². The maximum absolute atomic E-state index is 13.0. The van der Waals surface area contributed by atoms with Crippen molar-refractivity contribution in [2.24, 2.45) is 0 Å². The van der Waals surface area contributed by atoms with Crippen molar-refractivity contribution in [3.8, 4) is 0 Å². The number of nitrogens with zero attached hydrogens (tertiary/aromatic N) is 1. The van der Waals surface area contributed by atoms with Crippen molar-refractivity contribution in [3.05, 3.63) is 45.7 Å². The highest BCUT2D eigenvalue weighted by molar-refractivity contribution is 7.13. The first-order valence-electron chi connectivity index (χ1n) is 6.27. The maximum Gasteiger partial charge on any atom is 0.347 e. The number of amides is 1. The fourth-order valence-electron chi connectivity index (χ4n) is 1.76. The van der Waals surface area contributed by atoms with Crippen LogP contribution in [0.15, 0.2) is 24.3 Å². The summed E-state index contributed by atoms with van der Waals surface area (Å²) in [4.78, 5) is 27.3. The van der Waals surface area contributed by atoms with Crippen LogP contribution in [-0.2, 0) is 17.6 Å². The Kier molecular flexibility index (Phi) is 4.64. The van der Waals surface area contributed by atoms with Gasteiger partial charge in [0.05, 0.1) is 17.1 Å². The van der Waals surface area contributed by atoms with E-state index in [1.54, 1.807) is 6.07 Å². The first-order valence-corrected chi connectivity index (χ1v) is 7.08. The van der Waals surface area contributed by atoms with Gasteiger partial charge in [-0.2, -0.15) is 0 Å². The largest absolute Gasteiger partial charge is 0.477 e. The van der Waals surface area contributed by atoms with Crippen LogP contribution in [0.5, 0.6) is 0 Å². The van der Waals surface area contributed by atoms with Gasteiger partial charge >= 0.3 is 5.97 Å². The number of carboxylic acids is 1. The van der Waals surface area contributed by atoms with E-state index in [1.807, 2.05) is 6.92 Å². The molecule has 0 saturated carbocycles. The van der Waals surface area contributed by atoms with E-state index < -0.39 is 17.7 Å². The number of nitrogens with one attached hydrogen (secondary N) is 1. The van der Waals surface area contributed by atoms with E-state index in [1.165, 1.54) is 18.2 Å². The summed E-state index contributed by atoms with van der Waals surface area (Å²) in [7, 11) is 0. The molecule has 5 nitrogen and oxygen atoms in total. The lowest BCUT2D eigenvalue weighted by molar-refractivity contribution is -0.115. The van der Waals surface area contributed by atoms with Crippen molar-refractivity contribution in [1.29, 1.82) is 0 Å². The highest BCUT2D eigenvalue weighted by atomic mass is 32.1. The smallest absolute Gasteiger partial charge is 0.347 e. The molecular formula is C14H13FN2O3S. The van der Waals surface area contributed by atoms with Gasteiger partial charge < -0.3 is 10.4 Å². The van der Waals surface area contributed by atoms with Crippen LogP contribution in [0, 0.1) is 5.82 Å². The van der Waals surface area contributed by atoms with E-state index in [0.717, 1.165) is 11.3 Å². The predicted molar refractivity (Wildman–Crippen MR) is 77.2 cm³/mol. The summed E-state index contributed by atoms with van der Waals surface area (Å²) in [5, 5.41) is 12.3. The van der Waals surface area contributed by atoms with Gasteiger partial charge in [-0.25, -0.2) is 14.2 Å². The maximum atomic E-state index is 13.0. The lowest BCUT2D eigenvalue weighted by Crippen LogP contribution is -2.16. The molecule has 0 aliphatic heterocycles. The average Bonchev–Trinajstić information content (AvgIpc) is 2.81. The van der Waals surface area contributed by atoms with Gasteiger partial charge in [0.15, 0.2) is 0 Å². The fraction of sp³-hybridized carbons (Fsp3) is 0.214. The van der Waals surface area contributed by atoms with Crippen LogP contribution in [0.3, 0.4) is 0 Å². The number of carbonyl (C=O) groups excluding carboxylic acids is 1. The molecule has 7 heteroatoms. The Morgan fingerprint density at radius 2 is 2.19 bits per heavy atom. The molecule has 0 saturated heterocycles. The third-order valence-electron chi connectivity index (χ3n) is 2.67. The van der Waals surface area contributed by atoms with Crippen molar-refractivity contribution < 1.29 is 19.1 Å². The van der Waals surface area contributed by atoms with Gasteiger partial charge in [-0.3, -0.25) is 4.79 Å². The van der Waals surface area contributed by atoms with Crippen molar-refractivity contribution in [3.63, 3.8) is 0 Å². The molecule has 0 bridgehead atoms. The number of carboxylic acid groups (broad SMARTS) is 1. The van der Waals surface area contributed by atoms with Gasteiger partial charge in [-0.05, 0) is 24.6 Å². The minimum atomic E-state index is -1.10. The Morgan fingerprint density at radius 3 is 2.81 bits per heavy atom. The second-order valence-corrected chi connectivity index (χ2v) is 5.36. The zero-order valence-electron chi connectivity index (χ0n) is 11.2. The molecule has 1 aromatic carbocycles. The molecule has 0 unspecified atom stereocenters. The minimum absolute atomic E-state index is 0.0706. The second kappa shape index (κ2) is 6.45. The van der Waals surface area contributed by atoms with Gasteiger partial charge in [-0.1, -0.05) is 13.0 Å². The summed E-state index contributed by atoms with van der Waals surface area (Å²) in [5.41, 5.74) is 0.557. The molecule has 21 heavy (non-hydrogen) atoms. The first kappa shape index (κ1) is 15.1. The Bertz CT molecular complexity index is 685. The quantitative estimate of drug-likeness (QED) is 0.890. The van der Waals surface area contributed by atoms with E-state index in [2.05, 4.69) is 10.3 Å². The monoisotopic (exact) mass is 308 g/mol. The van der Waals surface area contributed by atoms with E-state index in [-0.39, 0.29) is 17.0 Å². The lowest BCUT2D eigenvalue weighted by atomic mass is 10.2. The first-order chi connectivity index (χ1) is 9.99. The standard InChI is InChI=1S/C14H13FN2O3S/c1-2-12-17-10(13(21-12)14(19)20)7-11(18)16-9-5-3-4-8(15)6-9/h3-6H,2,7H2,1H3,(H,16,18)(H,19,20). The Labute approximate surface area is 124 Å². The number of anilines is 1. The van der Waals surface area contributed by atoms with Crippen LogP contribution in [0.1, 0.15) is 27.3 Å². The summed E-state index contributed by atoms with van der Waals surface area (Å²) < 4.78 is 13.0. The molecule has 1 heterocycles. The van der Waals surface area contributed by atoms with Crippen molar-refractivity contribution in [2.75, 3.05) is 5.32 Å². The molecule has 2 aromatic rings. The SMILES string of the molecule is CCc1nc(CC(=O)Nc2cccc(F)c2)c(C(=O)O)s1. The zero-order chi connectivity index (χ0) is 15.4. The van der Waals surface area contributed by atoms with Crippen LogP contribution in [0.2, 0.25) is 0 Å². The van der Waals surface area contributed by atoms with E-state index in [4.69, 9.17) is 5.11 Å². The number of aromatic carboxylic acids is 1. The van der Waals surface area contributed by atoms with Gasteiger partial charge in [0.1, 0.15) is 10.7 Å². The number of halogens is 1. The number of rotatable bonds is 5. The molecule has 1 aromatic heterocycles. The third-order valence-corrected chi connectivity index (χ3v) is 3.90. The van der Waals surface area contributed by atoms with Gasteiger partial charge in [0.25, 0.3) is 0 Å². The highest BCUT2D eigenvalue weighted by Gasteiger charge is 2.19. The second-order valence-electron chi connectivity index (χ2n) is 4.28. The summed E-state index contributed by atoms with van der Waals surface area (Å²) in [6.45, 7) is 1.86. The number of thiazole rings is 1. The van der Waals surface area contributed by atoms with Crippen molar-refractivity contribution >= 4 is 28.9 Å². The minimum Gasteiger partial charge on any atom is -0.477 e. The number of hydrogen-bond acceptors (Lipinski definition) is 4. The molecule has 0 aliphatic carbocycles. The number of aryl methyl sites for hydroxylation is 1. The summed E-state index contributed by atoms with van der Waals surface area (Å²) in [5.74, 6) is -1.99. The van der Waals surface area contributed by atoms with Crippen molar-refractivity contribution in [1.82, 2.24) is 4.98 Å². The number of aromatic nitrogens is 1. The molecule has 0 fully saturated rings. The van der Waals surface area contributed by atoms with Crippen LogP contribution < -0.4 is 5.32 Å².